The average Bonchev–Trinajstić information content (AvgIpc) is 3.16. The third-order valence-electron chi connectivity index (χ3n) is 5.65. The molecule has 0 bridgehead atoms. The van der Waals surface area contributed by atoms with E-state index in [0.717, 1.165) is 35.7 Å². The zero-order valence-electron chi connectivity index (χ0n) is 17.7. The molecule has 3 rings (SSSR count). The molecule has 1 N–H and O–H groups in total. The molecule has 1 amide bonds. The van der Waals surface area contributed by atoms with E-state index in [4.69, 9.17) is 9.68 Å². The summed E-state index contributed by atoms with van der Waals surface area (Å²) in [6, 6.07) is 12.5. The second-order valence-electron chi connectivity index (χ2n) is 9.01. The second kappa shape index (κ2) is 9.09. The molecule has 154 valence electrons. The number of nitriles is 1. The third-order valence-corrected chi connectivity index (χ3v) is 6.73. The van der Waals surface area contributed by atoms with Crippen LogP contribution >= 0.6 is 11.8 Å². The van der Waals surface area contributed by atoms with Crippen LogP contribution in [-0.4, -0.2) is 12.5 Å². The highest BCUT2D eigenvalue weighted by Gasteiger charge is 2.22. The van der Waals surface area contributed by atoms with Gasteiger partial charge >= 0.3 is 0 Å². The molecule has 0 unspecified atom stereocenters. The zero-order chi connectivity index (χ0) is 21.0. The van der Waals surface area contributed by atoms with Crippen molar-refractivity contribution in [1.29, 1.82) is 5.26 Å². The molecule has 1 aliphatic carbocycles. The van der Waals surface area contributed by atoms with Crippen molar-refractivity contribution in [3.63, 3.8) is 0 Å². The van der Waals surface area contributed by atoms with Crippen LogP contribution < -0.4 is 5.32 Å². The lowest BCUT2D eigenvalue weighted by Gasteiger charge is -2.24. The van der Waals surface area contributed by atoms with Crippen molar-refractivity contribution in [1.82, 2.24) is 5.32 Å². The summed E-state index contributed by atoms with van der Waals surface area (Å²) in [4.78, 5) is 13.6. The minimum absolute atomic E-state index is 0.0869. The molecule has 1 fully saturated rings. The van der Waals surface area contributed by atoms with Crippen molar-refractivity contribution in [2.75, 3.05) is 6.54 Å². The van der Waals surface area contributed by atoms with Gasteiger partial charge in [0.05, 0.1) is 6.07 Å². The van der Waals surface area contributed by atoms with Crippen LogP contribution in [0.1, 0.15) is 68.1 Å². The van der Waals surface area contributed by atoms with Crippen LogP contribution in [0, 0.1) is 30.1 Å². The molecule has 0 aliphatic heterocycles. The Bertz CT molecular complexity index is 896. The van der Waals surface area contributed by atoms with Crippen LogP contribution in [0.4, 0.5) is 0 Å². The van der Waals surface area contributed by atoms with Gasteiger partial charge < -0.3 is 9.73 Å². The first-order valence-corrected chi connectivity index (χ1v) is 11.1. The molecule has 1 aliphatic rings. The molecule has 0 spiro atoms. The lowest BCUT2D eigenvalue weighted by atomic mass is 9.83. The number of carbonyl (C=O) groups is 1. The molecule has 5 heteroatoms. The molecular weight excluding hydrogens is 380 g/mol. The predicted octanol–water partition coefficient (Wildman–Crippen LogP) is 6.10. The van der Waals surface area contributed by atoms with E-state index in [-0.39, 0.29) is 17.2 Å². The molecule has 0 atom stereocenters. The Labute approximate surface area is 178 Å². The highest BCUT2D eigenvalue weighted by molar-refractivity contribution is 7.99. The number of rotatable bonds is 5. The number of carbonyl (C=O) groups excluding carboxylic acids is 1. The molecule has 0 saturated heterocycles. The highest BCUT2D eigenvalue weighted by atomic mass is 32.2. The number of aryl methyl sites for hydroxylation is 1. The van der Waals surface area contributed by atoms with E-state index in [0.29, 0.717) is 18.2 Å². The van der Waals surface area contributed by atoms with E-state index in [2.05, 4.69) is 57.3 Å². The van der Waals surface area contributed by atoms with Gasteiger partial charge in [-0.3, -0.25) is 4.79 Å². The van der Waals surface area contributed by atoms with Crippen molar-refractivity contribution in [3.05, 3.63) is 47.2 Å². The molecule has 1 aromatic heterocycles. The smallest absolute Gasteiger partial charge is 0.287 e. The quantitative estimate of drug-likeness (QED) is 0.647. The first-order chi connectivity index (χ1) is 13.8. The van der Waals surface area contributed by atoms with Crippen LogP contribution in [0.15, 0.2) is 44.7 Å². The lowest BCUT2D eigenvalue weighted by molar-refractivity contribution is 0.0909. The number of hydrogen-bond donors (Lipinski definition) is 1. The van der Waals surface area contributed by atoms with Crippen LogP contribution in [0.3, 0.4) is 0 Å². The van der Waals surface area contributed by atoms with Crippen molar-refractivity contribution in [3.8, 4) is 6.07 Å². The summed E-state index contributed by atoms with van der Waals surface area (Å²) in [5.41, 5.74) is 2.56. The normalized spacial score (nSPS) is 19.6. The summed E-state index contributed by atoms with van der Waals surface area (Å²) in [6.45, 7) is 9.34. The Morgan fingerprint density at radius 1 is 1.21 bits per heavy atom. The molecular formula is C24H30N2O2S. The number of furan rings is 1. The molecule has 1 aromatic carbocycles. The van der Waals surface area contributed by atoms with E-state index in [1.807, 2.05) is 6.07 Å². The zero-order valence-corrected chi connectivity index (χ0v) is 18.6. The van der Waals surface area contributed by atoms with Crippen molar-refractivity contribution in [2.45, 2.75) is 68.8 Å². The average molecular weight is 411 g/mol. The molecule has 29 heavy (non-hydrogen) atoms. The number of benzene rings is 1. The SMILES string of the molecule is Cc1ccc(C(C)(C)C)cc1Sc1ccc(C(=O)NCC2CCC(C#N)CC2)o1. The fourth-order valence-electron chi connectivity index (χ4n) is 3.60. The van der Waals surface area contributed by atoms with Crippen LogP contribution in [-0.2, 0) is 5.41 Å². The predicted molar refractivity (Wildman–Crippen MR) is 116 cm³/mol. The van der Waals surface area contributed by atoms with Crippen LogP contribution in [0.2, 0.25) is 0 Å². The largest absolute Gasteiger partial charge is 0.444 e. The Balaban J connectivity index is 1.58. The van der Waals surface area contributed by atoms with E-state index in [1.165, 1.54) is 11.1 Å². The van der Waals surface area contributed by atoms with E-state index >= 15 is 0 Å². The lowest BCUT2D eigenvalue weighted by Crippen LogP contribution is -2.30. The Kier molecular flexibility index (Phi) is 6.74. The minimum Gasteiger partial charge on any atom is -0.444 e. The van der Waals surface area contributed by atoms with Gasteiger partial charge in [0.2, 0.25) is 0 Å². The summed E-state index contributed by atoms with van der Waals surface area (Å²) in [6.07, 6.45) is 3.87. The molecule has 1 heterocycles. The first-order valence-electron chi connectivity index (χ1n) is 10.3. The van der Waals surface area contributed by atoms with E-state index < -0.39 is 0 Å². The Morgan fingerprint density at radius 2 is 1.93 bits per heavy atom. The Hall–Kier alpha value is -2.19. The standard InChI is InChI=1S/C24H30N2O2S/c1-16-5-10-19(24(2,3)4)13-21(16)29-22-12-11-20(28-22)23(27)26-15-18-8-6-17(14-25)7-9-18/h5,10-13,17-18H,6-9,15H2,1-4H3,(H,26,27). The van der Waals surface area contributed by atoms with E-state index in [1.54, 1.807) is 17.8 Å². The van der Waals surface area contributed by atoms with Gasteiger partial charge in [-0.15, -0.1) is 0 Å². The van der Waals surface area contributed by atoms with Crippen molar-refractivity contribution >= 4 is 17.7 Å². The molecule has 2 aromatic rings. The molecule has 4 nitrogen and oxygen atoms in total. The van der Waals surface area contributed by atoms with Crippen molar-refractivity contribution < 1.29 is 9.21 Å². The van der Waals surface area contributed by atoms with Gasteiger partial charge in [0.25, 0.3) is 5.91 Å². The van der Waals surface area contributed by atoms with Gasteiger partial charge in [0.1, 0.15) is 0 Å². The second-order valence-corrected chi connectivity index (χ2v) is 10.1. The summed E-state index contributed by atoms with van der Waals surface area (Å²) in [5.74, 6) is 0.823. The maximum Gasteiger partial charge on any atom is 0.287 e. The molecule has 1 saturated carbocycles. The van der Waals surface area contributed by atoms with Gasteiger partial charge in [-0.2, -0.15) is 5.26 Å². The molecule has 0 radical (unpaired) electrons. The topological polar surface area (TPSA) is 66.0 Å². The van der Waals surface area contributed by atoms with Crippen molar-refractivity contribution in [2.24, 2.45) is 11.8 Å². The minimum atomic E-state index is -0.167. The number of amides is 1. The van der Waals surface area contributed by atoms with Gasteiger partial charge in [-0.1, -0.05) is 44.7 Å². The Morgan fingerprint density at radius 3 is 2.59 bits per heavy atom. The fourth-order valence-corrected chi connectivity index (χ4v) is 4.50. The first kappa shape index (κ1) is 21.5. The summed E-state index contributed by atoms with van der Waals surface area (Å²) in [5, 5.41) is 12.7. The summed E-state index contributed by atoms with van der Waals surface area (Å²) < 4.78 is 5.81. The fraction of sp³-hybridized carbons (Fsp3) is 0.500. The highest BCUT2D eigenvalue weighted by Crippen LogP contribution is 2.35. The number of nitrogens with one attached hydrogen (secondary N) is 1. The number of nitrogens with zero attached hydrogens (tertiary/aromatic N) is 1. The van der Waals surface area contributed by atoms with Gasteiger partial charge in [0, 0.05) is 17.4 Å². The van der Waals surface area contributed by atoms with Gasteiger partial charge in [0.15, 0.2) is 10.9 Å². The van der Waals surface area contributed by atoms with Crippen LogP contribution in [0.5, 0.6) is 0 Å². The monoisotopic (exact) mass is 410 g/mol. The summed E-state index contributed by atoms with van der Waals surface area (Å²) >= 11 is 1.55. The van der Waals surface area contributed by atoms with Gasteiger partial charge in [-0.25, -0.2) is 0 Å². The third kappa shape index (κ3) is 5.67. The van der Waals surface area contributed by atoms with Gasteiger partial charge in [-0.05, 0) is 73.3 Å². The van der Waals surface area contributed by atoms with E-state index in [9.17, 15) is 4.79 Å². The maximum absolute atomic E-state index is 12.5. The van der Waals surface area contributed by atoms with Crippen LogP contribution in [0.25, 0.3) is 0 Å². The maximum atomic E-state index is 12.5. The number of hydrogen-bond acceptors (Lipinski definition) is 4. The summed E-state index contributed by atoms with van der Waals surface area (Å²) in [7, 11) is 0.